The van der Waals surface area contributed by atoms with Crippen molar-refractivity contribution in [1.29, 1.82) is 0 Å². The second-order valence-corrected chi connectivity index (χ2v) is 3.47. The van der Waals surface area contributed by atoms with Crippen molar-refractivity contribution in [2.24, 2.45) is 0 Å². The first kappa shape index (κ1) is 9.56. The summed E-state index contributed by atoms with van der Waals surface area (Å²) in [4.78, 5) is 0. The first-order valence-corrected chi connectivity index (χ1v) is 4.14. The summed E-state index contributed by atoms with van der Waals surface area (Å²) >= 11 is 10.8. The molecule has 0 heterocycles. The topological polar surface area (TPSA) is 0 Å². The molecular formula is C9H7Cl2F. The maximum Gasteiger partial charge on any atom is 0.130 e. The molecule has 0 saturated heterocycles. The zero-order valence-electron chi connectivity index (χ0n) is 6.44. The van der Waals surface area contributed by atoms with E-state index in [-0.39, 0.29) is 10.3 Å². The third kappa shape index (κ3) is 2.50. The Kier molecular flexibility index (Phi) is 3.12. The van der Waals surface area contributed by atoms with Gasteiger partial charge in [0.1, 0.15) is 10.3 Å². The summed E-state index contributed by atoms with van der Waals surface area (Å²) in [5, 5.41) is 0. The van der Waals surface area contributed by atoms with Crippen molar-refractivity contribution in [3.63, 3.8) is 0 Å². The Bertz CT molecular complexity index is 314. The average molecular weight is 205 g/mol. The van der Waals surface area contributed by atoms with Crippen LogP contribution in [0, 0.1) is 12.7 Å². The van der Waals surface area contributed by atoms with E-state index < -0.39 is 0 Å². The Balaban J connectivity index is 3.14. The van der Waals surface area contributed by atoms with Crippen LogP contribution in [0.4, 0.5) is 4.39 Å². The summed E-state index contributed by atoms with van der Waals surface area (Å²) in [5.41, 5.74) is 1.38. The van der Waals surface area contributed by atoms with Gasteiger partial charge in [-0.3, -0.25) is 0 Å². The van der Waals surface area contributed by atoms with Crippen LogP contribution in [0.25, 0.3) is 6.08 Å². The molecule has 0 spiro atoms. The molecule has 0 unspecified atom stereocenters. The highest BCUT2D eigenvalue weighted by Gasteiger charge is 1.98. The molecule has 0 aliphatic heterocycles. The molecule has 0 fully saturated rings. The molecule has 3 heteroatoms. The lowest BCUT2D eigenvalue weighted by Crippen LogP contribution is -1.82. The highest BCUT2D eigenvalue weighted by Crippen LogP contribution is 2.17. The van der Waals surface area contributed by atoms with Crippen LogP contribution in [0.1, 0.15) is 11.1 Å². The van der Waals surface area contributed by atoms with Crippen LogP contribution in [-0.4, -0.2) is 0 Å². The molecule has 1 aromatic carbocycles. The van der Waals surface area contributed by atoms with Crippen molar-refractivity contribution in [2.45, 2.75) is 6.92 Å². The molecule has 0 N–H and O–H groups in total. The van der Waals surface area contributed by atoms with Crippen molar-refractivity contribution in [3.8, 4) is 0 Å². The summed E-state index contributed by atoms with van der Waals surface area (Å²) in [5.74, 6) is -0.320. The molecule has 1 rings (SSSR count). The highest BCUT2D eigenvalue weighted by molar-refractivity contribution is 6.57. The van der Waals surface area contributed by atoms with E-state index in [2.05, 4.69) is 0 Å². The SMILES string of the molecule is Cc1ccc(F)c(C=C(Cl)Cl)c1. The van der Waals surface area contributed by atoms with Crippen LogP contribution >= 0.6 is 23.2 Å². The van der Waals surface area contributed by atoms with Gasteiger partial charge in [0, 0.05) is 5.56 Å². The molecule has 0 aliphatic rings. The van der Waals surface area contributed by atoms with Gasteiger partial charge in [0.2, 0.25) is 0 Å². The molecule has 0 radical (unpaired) electrons. The van der Waals surface area contributed by atoms with Gasteiger partial charge in [0.15, 0.2) is 0 Å². The molecule has 0 amide bonds. The van der Waals surface area contributed by atoms with Gasteiger partial charge in [-0.15, -0.1) is 0 Å². The standard InChI is InChI=1S/C9H7Cl2F/c1-6-2-3-8(12)7(4-6)5-9(10)11/h2-5H,1H3. The fourth-order valence-electron chi connectivity index (χ4n) is 0.891. The first-order chi connectivity index (χ1) is 5.59. The van der Waals surface area contributed by atoms with Crippen molar-refractivity contribution < 1.29 is 4.39 Å². The van der Waals surface area contributed by atoms with Crippen molar-refractivity contribution in [2.75, 3.05) is 0 Å². The van der Waals surface area contributed by atoms with Gasteiger partial charge < -0.3 is 0 Å². The minimum atomic E-state index is -0.320. The lowest BCUT2D eigenvalue weighted by Gasteiger charge is -1.97. The minimum Gasteiger partial charge on any atom is -0.206 e. The number of rotatable bonds is 1. The third-order valence-corrected chi connectivity index (χ3v) is 1.63. The molecule has 12 heavy (non-hydrogen) atoms. The zero-order valence-corrected chi connectivity index (χ0v) is 7.96. The second-order valence-electron chi connectivity index (χ2n) is 2.46. The highest BCUT2D eigenvalue weighted by atomic mass is 35.5. The predicted octanol–water partition coefficient (Wildman–Crippen LogP) is 3.91. The zero-order chi connectivity index (χ0) is 9.14. The fraction of sp³-hybridized carbons (Fsp3) is 0.111. The number of halogens is 3. The van der Waals surface area contributed by atoms with E-state index in [0.717, 1.165) is 5.56 Å². The fourth-order valence-corrected chi connectivity index (χ4v) is 1.13. The lowest BCUT2D eigenvalue weighted by molar-refractivity contribution is 0.624. The van der Waals surface area contributed by atoms with Crippen LogP contribution in [0.3, 0.4) is 0 Å². The third-order valence-electron chi connectivity index (χ3n) is 1.42. The van der Waals surface area contributed by atoms with Gasteiger partial charge in [-0.1, -0.05) is 34.8 Å². The summed E-state index contributed by atoms with van der Waals surface area (Å²) in [6.07, 6.45) is 1.38. The molecule has 64 valence electrons. The van der Waals surface area contributed by atoms with Crippen LogP contribution in [0.2, 0.25) is 0 Å². The minimum absolute atomic E-state index is 0.0551. The maximum atomic E-state index is 13.0. The molecule has 0 bridgehead atoms. The van der Waals surface area contributed by atoms with Crippen LogP contribution in [0.5, 0.6) is 0 Å². The monoisotopic (exact) mass is 204 g/mol. The Morgan fingerprint density at radius 2 is 2.08 bits per heavy atom. The number of aryl methyl sites for hydroxylation is 1. The molecular weight excluding hydrogens is 198 g/mol. The maximum absolute atomic E-state index is 13.0. The second kappa shape index (κ2) is 3.92. The molecule has 0 nitrogen and oxygen atoms in total. The smallest absolute Gasteiger partial charge is 0.130 e. The average Bonchev–Trinajstić information content (AvgIpc) is 1.96. The van der Waals surface area contributed by atoms with Crippen LogP contribution < -0.4 is 0 Å². The van der Waals surface area contributed by atoms with Gasteiger partial charge in [-0.25, -0.2) is 4.39 Å². The normalized spacial score (nSPS) is 9.67. The van der Waals surface area contributed by atoms with E-state index in [1.54, 1.807) is 12.1 Å². The summed E-state index contributed by atoms with van der Waals surface area (Å²) in [7, 11) is 0. The van der Waals surface area contributed by atoms with Crippen molar-refractivity contribution in [3.05, 3.63) is 39.6 Å². The number of hydrogen-bond acceptors (Lipinski definition) is 0. The van der Waals surface area contributed by atoms with E-state index >= 15 is 0 Å². The molecule has 0 atom stereocenters. The quantitative estimate of drug-likeness (QED) is 0.651. The van der Waals surface area contributed by atoms with Crippen LogP contribution in [0.15, 0.2) is 22.7 Å². The van der Waals surface area contributed by atoms with Crippen molar-refractivity contribution in [1.82, 2.24) is 0 Å². The Morgan fingerprint density at radius 1 is 1.42 bits per heavy atom. The van der Waals surface area contributed by atoms with Gasteiger partial charge in [-0.2, -0.15) is 0 Å². The largest absolute Gasteiger partial charge is 0.206 e. The Hall–Kier alpha value is -0.530. The number of hydrogen-bond donors (Lipinski definition) is 0. The summed E-state index contributed by atoms with van der Waals surface area (Å²) in [6.45, 7) is 1.87. The van der Waals surface area contributed by atoms with E-state index in [9.17, 15) is 4.39 Å². The summed E-state index contributed by atoms with van der Waals surface area (Å²) < 4.78 is 13.0. The Labute approximate surface area is 80.6 Å². The molecule has 0 saturated carbocycles. The first-order valence-electron chi connectivity index (χ1n) is 3.38. The van der Waals surface area contributed by atoms with E-state index in [4.69, 9.17) is 23.2 Å². The van der Waals surface area contributed by atoms with Crippen molar-refractivity contribution >= 4 is 29.3 Å². The molecule has 0 aromatic heterocycles. The van der Waals surface area contributed by atoms with E-state index in [1.165, 1.54) is 12.1 Å². The Morgan fingerprint density at radius 3 is 2.67 bits per heavy atom. The van der Waals surface area contributed by atoms with Crippen LogP contribution in [-0.2, 0) is 0 Å². The van der Waals surface area contributed by atoms with E-state index in [0.29, 0.717) is 5.56 Å². The van der Waals surface area contributed by atoms with Gasteiger partial charge >= 0.3 is 0 Å². The lowest BCUT2D eigenvalue weighted by atomic mass is 10.1. The predicted molar refractivity (Wildman–Crippen MR) is 50.8 cm³/mol. The van der Waals surface area contributed by atoms with Gasteiger partial charge in [-0.05, 0) is 25.1 Å². The van der Waals surface area contributed by atoms with Gasteiger partial charge in [0.25, 0.3) is 0 Å². The molecule has 0 aliphatic carbocycles. The molecule has 1 aromatic rings. The number of benzene rings is 1. The summed E-state index contributed by atoms with van der Waals surface area (Å²) in [6, 6.07) is 4.76. The van der Waals surface area contributed by atoms with Gasteiger partial charge in [0.05, 0.1) is 0 Å². The van der Waals surface area contributed by atoms with E-state index in [1.807, 2.05) is 6.92 Å².